The predicted molar refractivity (Wildman–Crippen MR) is 73.4 cm³/mol. The largest absolute Gasteiger partial charge is 0.516 e. The lowest BCUT2D eigenvalue weighted by Gasteiger charge is -2.24. The molecule has 3 rings (SSSR count). The Kier molecular flexibility index (Phi) is 3.30. The molecule has 0 amide bonds. The van der Waals surface area contributed by atoms with E-state index in [0.29, 0.717) is 18.8 Å². The molecular formula is C12H8B3F2N3O. The van der Waals surface area contributed by atoms with Gasteiger partial charge in [-0.2, -0.15) is 0 Å². The van der Waals surface area contributed by atoms with Crippen molar-refractivity contribution in [1.29, 1.82) is 0 Å². The van der Waals surface area contributed by atoms with Gasteiger partial charge in [0.2, 0.25) is 0 Å². The second kappa shape index (κ2) is 4.89. The van der Waals surface area contributed by atoms with Gasteiger partial charge in [-0.3, -0.25) is 0 Å². The van der Waals surface area contributed by atoms with Gasteiger partial charge in [-0.05, 0) is 5.30 Å². The number of halogens is 2. The van der Waals surface area contributed by atoms with Crippen molar-refractivity contribution in [2.75, 3.05) is 0 Å². The van der Waals surface area contributed by atoms with E-state index in [4.69, 9.17) is 28.3 Å². The molecule has 0 saturated carbocycles. The number of nitrogens with zero attached hydrogens (tertiary/aromatic N) is 3. The summed E-state index contributed by atoms with van der Waals surface area (Å²) in [6.07, 6.45) is 1.96. The Morgan fingerprint density at radius 2 is 1.90 bits per heavy atom. The molecule has 0 spiro atoms. The molecule has 100 valence electrons. The SMILES string of the molecule is [B]C([B])([B])Oc1cc(F)c([C@H]2Cc3nncn3C2)c(F)c1. The van der Waals surface area contributed by atoms with Crippen LogP contribution in [0.2, 0.25) is 0 Å². The lowest BCUT2D eigenvalue weighted by atomic mass is 9.52. The minimum absolute atomic E-state index is 0.0236. The van der Waals surface area contributed by atoms with Gasteiger partial charge in [-0.15, -0.1) is 10.2 Å². The zero-order valence-corrected chi connectivity index (χ0v) is 11.0. The highest BCUT2D eigenvalue weighted by Gasteiger charge is 2.29. The third kappa shape index (κ3) is 2.82. The van der Waals surface area contributed by atoms with Gasteiger partial charge in [0.05, 0.1) is 0 Å². The maximum atomic E-state index is 14.2. The summed E-state index contributed by atoms with van der Waals surface area (Å²) >= 11 is 0. The second-order valence-electron chi connectivity index (χ2n) is 5.06. The lowest BCUT2D eigenvalue weighted by molar-refractivity contribution is 0.313. The van der Waals surface area contributed by atoms with Crippen molar-refractivity contribution in [1.82, 2.24) is 14.8 Å². The summed E-state index contributed by atoms with van der Waals surface area (Å²) in [5, 5.41) is 5.63. The van der Waals surface area contributed by atoms with Gasteiger partial charge >= 0.3 is 0 Å². The summed E-state index contributed by atoms with van der Waals surface area (Å²) < 4.78 is 35.0. The van der Waals surface area contributed by atoms with E-state index < -0.39 is 16.9 Å². The third-order valence-electron chi connectivity index (χ3n) is 3.30. The number of rotatable bonds is 3. The monoisotopic (exact) mass is 281 g/mol. The van der Waals surface area contributed by atoms with E-state index in [1.165, 1.54) is 6.33 Å². The molecule has 1 aromatic heterocycles. The van der Waals surface area contributed by atoms with Crippen LogP contribution >= 0.6 is 0 Å². The molecule has 0 saturated heterocycles. The first-order valence-electron chi connectivity index (χ1n) is 6.25. The van der Waals surface area contributed by atoms with Crippen LogP contribution in [0.15, 0.2) is 18.5 Å². The highest BCUT2D eigenvalue weighted by Crippen LogP contribution is 2.33. The van der Waals surface area contributed by atoms with E-state index >= 15 is 0 Å². The van der Waals surface area contributed by atoms with Crippen molar-refractivity contribution in [3.05, 3.63) is 41.5 Å². The molecule has 0 bridgehead atoms. The molecule has 0 N–H and O–H groups in total. The molecule has 9 heteroatoms. The summed E-state index contributed by atoms with van der Waals surface area (Å²) in [5.74, 6) is -1.29. The Hall–Kier alpha value is -1.79. The Morgan fingerprint density at radius 3 is 2.48 bits per heavy atom. The molecule has 2 heterocycles. The van der Waals surface area contributed by atoms with Crippen LogP contribution in [0.25, 0.3) is 0 Å². The molecule has 0 fully saturated rings. The smallest absolute Gasteiger partial charge is 0.133 e. The van der Waals surface area contributed by atoms with Gasteiger partial charge in [0.25, 0.3) is 0 Å². The van der Waals surface area contributed by atoms with E-state index in [1.54, 1.807) is 4.57 Å². The van der Waals surface area contributed by atoms with Crippen LogP contribution in [-0.2, 0) is 13.0 Å². The highest BCUT2D eigenvalue weighted by atomic mass is 19.1. The van der Waals surface area contributed by atoms with E-state index in [9.17, 15) is 8.78 Å². The van der Waals surface area contributed by atoms with E-state index in [-0.39, 0.29) is 17.2 Å². The van der Waals surface area contributed by atoms with Gasteiger partial charge in [-0.1, -0.05) is 0 Å². The second-order valence-corrected chi connectivity index (χ2v) is 5.06. The van der Waals surface area contributed by atoms with Crippen LogP contribution in [0, 0.1) is 11.6 Å². The Bertz CT molecular complexity index is 643. The molecule has 1 aliphatic heterocycles. The van der Waals surface area contributed by atoms with Crippen LogP contribution in [0.1, 0.15) is 17.3 Å². The fraction of sp³-hybridized carbons (Fsp3) is 0.333. The summed E-state index contributed by atoms with van der Waals surface area (Å²) in [6.45, 7) is 0.422. The molecule has 0 unspecified atom stereocenters. The minimum atomic E-state index is -2.00. The fourth-order valence-corrected chi connectivity index (χ4v) is 2.52. The van der Waals surface area contributed by atoms with Crippen molar-refractivity contribution in [3.8, 4) is 5.75 Å². The number of fused-ring (bicyclic) bond motifs is 1. The van der Waals surface area contributed by atoms with Gasteiger partial charge in [-0.25, -0.2) is 8.78 Å². The molecule has 6 radical (unpaired) electrons. The first-order chi connectivity index (χ1) is 9.83. The van der Waals surface area contributed by atoms with Gasteiger partial charge in [0.15, 0.2) is 0 Å². The number of aromatic nitrogens is 3. The van der Waals surface area contributed by atoms with Crippen LogP contribution in [-0.4, -0.2) is 43.6 Å². The molecule has 1 aliphatic rings. The zero-order chi connectivity index (χ0) is 15.2. The Labute approximate surface area is 124 Å². The third-order valence-corrected chi connectivity index (χ3v) is 3.30. The summed E-state index contributed by atoms with van der Waals surface area (Å²) in [4.78, 5) is 0. The first kappa shape index (κ1) is 14.2. The van der Waals surface area contributed by atoms with Gasteiger partial charge in [0.1, 0.15) is 53.1 Å². The van der Waals surface area contributed by atoms with Crippen molar-refractivity contribution in [2.24, 2.45) is 0 Å². The van der Waals surface area contributed by atoms with Gasteiger partial charge < -0.3 is 9.30 Å². The number of hydrogen-bond donors (Lipinski definition) is 0. The average Bonchev–Trinajstić information content (AvgIpc) is 2.85. The molecule has 1 aromatic carbocycles. The fourth-order valence-electron chi connectivity index (χ4n) is 2.52. The molecule has 0 aliphatic carbocycles. The predicted octanol–water partition coefficient (Wildman–Crippen LogP) is 0.392. The maximum absolute atomic E-state index is 14.2. The summed E-state index contributed by atoms with van der Waals surface area (Å²) in [7, 11) is 15.7. The molecule has 1 atom stereocenters. The van der Waals surface area contributed by atoms with Crippen molar-refractivity contribution < 1.29 is 13.5 Å². The van der Waals surface area contributed by atoms with Crippen molar-refractivity contribution in [2.45, 2.75) is 24.2 Å². The molecule has 2 aromatic rings. The van der Waals surface area contributed by atoms with E-state index in [1.807, 2.05) is 0 Å². The summed E-state index contributed by atoms with van der Waals surface area (Å²) in [6, 6.07) is 2.03. The highest BCUT2D eigenvalue weighted by molar-refractivity contribution is 6.58. The molecule has 4 nitrogen and oxygen atoms in total. The topological polar surface area (TPSA) is 39.9 Å². The normalized spacial score (nSPS) is 17.7. The Morgan fingerprint density at radius 1 is 1.24 bits per heavy atom. The standard InChI is InChI=1S/C12H8B3F2N3O/c13-12(14,15)21-7-2-8(16)11(9(17)3-7)6-1-10-19-18-5-20(10)4-6/h2-3,5-6H,1,4H2/t6-/m0/s1. The number of ether oxygens (including phenoxy) is 1. The minimum Gasteiger partial charge on any atom is -0.516 e. The van der Waals surface area contributed by atoms with Crippen LogP contribution in [0.3, 0.4) is 0 Å². The van der Waals surface area contributed by atoms with Gasteiger partial charge in [0, 0.05) is 36.6 Å². The Balaban J connectivity index is 1.89. The van der Waals surface area contributed by atoms with E-state index in [0.717, 1.165) is 12.1 Å². The first-order valence-corrected chi connectivity index (χ1v) is 6.25. The van der Waals surface area contributed by atoms with Crippen LogP contribution < -0.4 is 4.74 Å². The van der Waals surface area contributed by atoms with Crippen LogP contribution in [0.4, 0.5) is 8.78 Å². The summed E-state index contributed by atoms with van der Waals surface area (Å²) in [5.41, 5.74) is -0.0236. The van der Waals surface area contributed by atoms with E-state index in [2.05, 4.69) is 10.2 Å². The maximum Gasteiger partial charge on any atom is 0.133 e. The lowest BCUT2D eigenvalue weighted by Crippen LogP contribution is -2.37. The molecular weight excluding hydrogens is 273 g/mol. The average molecular weight is 281 g/mol. The van der Waals surface area contributed by atoms with Crippen LogP contribution in [0.5, 0.6) is 5.75 Å². The van der Waals surface area contributed by atoms with Crippen molar-refractivity contribution in [3.63, 3.8) is 0 Å². The quantitative estimate of drug-likeness (QED) is 0.764. The number of benzene rings is 1. The number of hydrogen-bond acceptors (Lipinski definition) is 3. The zero-order valence-electron chi connectivity index (χ0n) is 11.0. The molecule has 21 heavy (non-hydrogen) atoms. The van der Waals surface area contributed by atoms with Crippen molar-refractivity contribution >= 4 is 23.5 Å².